The zero-order chi connectivity index (χ0) is 23.4. The van der Waals surface area contributed by atoms with Gasteiger partial charge in [-0.1, -0.05) is 11.6 Å². The lowest BCUT2D eigenvalue weighted by molar-refractivity contribution is -0.146. The molecular weight excluding hydrogens is 442 g/mol. The number of nitrogens with two attached hydrogens (primary N) is 1. The number of halogens is 1. The van der Waals surface area contributed by atoms with Crippen LogP contribution in [0.25, 0.3) is 0 Å². The zero-order valence-corrected chi connectivity index (χ0v) is 18.6. The highest BCUT2D eigenvalue weighted by molar-refractivity contribution is 6.33. The maximum absolute atomic E-state index is 12.6. The molecule has 3 heterocycles. The van der Waals surface area contributed by atoms with Crippen LogP contribution in [0.1, 0.15) is 29.6 Å². The van der Waals surface area contributed by atoms with Gasteiger partial charge in [0.25, 0.3) is 11.5 Å². The third-order valence-corrected chi connectivity index (χ3v) is 6.40. The highest BCUT2D eigenvalue weighted by atomic mass is 35.5. The molecule has 32 heavy (non-hydrogen) atoms. The largest absolute Gasteiger partial charge is 0.481 e. The highest BCUT2D eigenvalue weighted by Crippen LogP contribution is 2.19. The molecule has 2 aliphatic rings. The molecule has 0 aliphatic carbocycles. The van der Waals surface area contributed by atoms with Crippen molar-refractivity contribution in [2.75, 3.05) is 45.6 Å². The van der Waals surface area contributed by atoms with Crippen LogP contribution in [-0.2, 0) is 14.3 Å². The first-order valence-corrected chi connectivity index (χ1v) is 10.8. The number of carboxylic acid groups (broad SMARTS) is 1. The van der Waals surface area contributed by atoms with Crippen LogP contribution >= 0.6 is 11.6 Å². The van der Waals surface area contributed by atoms with E-state index in [0.717, 1.165) is 0 Å². The molecule has 2 aliphatic heterocycles. The molecule has 1 aromatic rings. The van der Waals surface area contributed by atoms with Gasteiger partial charge in [-0.2, -0.15) is 0 Å². The lowest BCUT2D eigenvalue weighted by atomic mass is 9.97. The third kappa shape index (κ3) is 5.59. The molecule has 0 spiro atoms. The quantitative estimate of drug-likeness (QED) is 0.444. The number of carboxylic acids is 1. The van der Waals surface area contributed by atoms with Gasteiger partial charge in [0, 0.05) is 33.3 Å². The van der Waals surface area contributed by atoms with Crippen molar-refractivity contribution in [3.05, 3.63) is 27.0 Å². The first-order chi connectivity index (χ1) is 15.2. The van der Waals surface area contributed by atoms with E-state index in [4.69, 9.17) is 27.2 Å². The number of anilines is 1. The summed E-state index contributed by atoms with van der Waals surface area (Å²) in [6.07, 6.45) is 1.08. The van der Waals surface area contributed by atoms with Crippen LogP contribution in [0, 0.1) is 5.92 Å². The summed E-state index contributed by atoms with van der Waals surface area (Å²) in [5.74, 6) is -1.83. The maximum atomic E-state index is 12.6. The number of aromatic amines is 1. The fourth-order valence-electron chi connectivity index (χ4n) is 4.13. The van der Waals surface area contributed by atoms with Crippen LogP contribution in [0.3, 0.4) is 0 Å². The van der Waals surface area contributed by atoms with Gasteiger partial charge in [0.05, 0.1) is 29.6 Å². The number of carbonyl (C=O) groups is 3. The van der Waals surface area contributed by atoms with Gasteiger partial charge < -0.3 is 30.8 Å². The lowest BCUT2D eigenvalue weighted by Crippen LogP contribution is -2.57. The number of H-pyrrole nitrogens is 1. The van der Waals surface area contributed by atoms with Crippen molar-refractivity contribution in [1.82, 2.24) is 20.1 Å². The molecule has 5 N–H and O–H groups in total. The molecule has 0 unspecified atom stereocenters. The number of methoxy groups -OCH3 is 1. The Balaban J connectivity index is 1.54. The van der Waals surface area contributed by atoms with Crippen molar-refractivity contribution in [3.63, 3.8) is 0 Å². The van der Waals surface area contributed by atoms with Gasteiger partial charge in [0.15, 0.2) is 0 Å². The Labute approximate surface area is 189 Å². The van der Waals surface area contributed by atoms with E-state index in [0.29, 0.717) is 45.4 Å². The van der Waals surface area contributed by atoms with E-state index in [9.17, 15) is 19.2 Å². The van der Waals surface area contributed by atoms with Gasteiger partial charge in [-0.3, -0.25) is 24.1 Å². The predicted molar refractivity (Wildman–Crippen MR) is 117 cm³/mol. The Hall–Kier alpha value is -2.63. The summed E-state index contributed by atoms with van der Waals surface area (Å²) in [6.45, 7) is 2.06. The number of hydrogen-bond donors (Lipinski definition) is 4. The number of rotatable bonds is 6. The average Bonchev–Trinajstić information content (AvgIpc) is 2.77. The van der Waals surface area contributed by atoms with Crippen LogP contribution in [-0.4, -0.2) is 89.7 Å². The molecule has 2 saturated heterocycles. The molecule has 176 valence electrons. The molecule has 2 fully saturated rings. The highest BCUT2D eigenvalue weighted by Gasteiger charge is 2.33. The van der Waals surface area contributed by atoms with Crippen molar-refractivity contribution in [3.8, 4) is 0 Å². The van der Waals surface area contributed by atoms with Crippen molar-refractivity contribution < 1.29 is 24.2 Å². The number of nitrogens with one attached hydrogen (secondary N) is 2. The Kier molecular flexibility index (Phi) is 7.75. The Morgan fingerprint density at radius 1 is 1.28 bits per heavy atom. The average molecular weight is 470 g/mol. The summed E-state index contributed by atoms with van der Waals surface area (Å²) < 4.78 is 5.53. The molecular formula is C20H28ClN5O6. The zero-order valence-electron chi connectivity index (χ0n) is 17.8. The van der Waals surface area contributed by atoms with Crippen molar-refractivity contribution in [1.29, 1.82) is 0 Å². The summed E-state index contributed by atoms with van der Waals surface area (Å²) in [7, 11) is 1.53. The van der Waals surface area contributed by atoms with E-state index in [1.54, 1.807) is 4.90 Å². The smallest absolute Gasteiger partial charge is 0.306 e. The van der Waals surface area contributed by atoms with Crippen molar-refractivity contribution in [2.45, 2.75) is 31.4 Å². The molecule has 2 amide bonds. The predicted octanol–water partition coefficient (Wildman–Crippen LogP) is -0.247. The van der Waals surface area contributed by atoms with Gasteiger partial charge >= 0.3 is 5.97 Å². The van der Waals surface area contributed by atoms with Crippen molar-refractivity contribution >= 4 is 35.2 Å². The first kappa shape index (κ1) is 24.0. The molecule has 12 heteroatoms. The summed E-state index contributed by atoms with van der Waals surface area (Å²) in [5.41, 5.74) is 4.78. The number of nitrogen functional groups attached to an aromatic ring is 1. The monoisotopic (exact) mass is 469 g/mol. The minimum absolute atomic E-state index is 0.00635. The van der Waals surface area contributed by atoms with Crippen LogP contribution in [0.2, 0.25) is 5.02 Å². The molecule has 1 aromatic heterocycles. The maximum Gasteiger partial charge on any atom is 0.306 e. The molecule has 0 saturated carbocycles. The van der Waals surface area contributed by atoms with Gasteiger partial charge in [0.2, 0.25) is 5.91 Å². The molecule has 11 nitrogen and oxygen atoms in total. The number of piperidine rings is 2. The van der Waals surface area contributed by atoms with Gasteiger partial charge in [-0.15, -0.1) is 0 Å². The van der Waals surface area contributed by atoms with E-state index in [1.807, 2.05) is 4.90 Å². The minimum Gasteiger partial charge on any atom is -0.481 e. The van der Waals surface area contributed by atoms with Gasteiger partial charge in [-0.05, 0) is 25.3 Å². The fraction of sp³-hybridized carbons (Fsp3) is 0.600. The van der Waals surface area contributed by atoms with Crippen molar-refractivity contribution in [2.24, 2.45) is 5.92 Å². The van der Waals surface area contributed by atoms with Crippen LogP contribution in [0.5, 0.6) is 0 Å². The number of likely N-dealkylation sites (tertiary alicyclic amines) is 2. The van der Waals surface area contributed by atoms with Crippen LogP contribution in [0.15, 0.2) is 10.9 Å². The molecule has 0 bridgehead atoms. The number of amides is 2. The third-order valence-electron chi connectivity index (χ3n) is 6.08. The van der Waals surface area contributed by atoms with E-state index in [2.05, 4.69) is 10.3 Å². The normalized spacial score (nSPS) is 22.5. The second-order valence-electron chi connectivity index (χ2n) is 8.14. The van der Waals surface area contributed by atoms with Crippen LogP contribution in [0.4, 0.5) is 5.82 Å². The number of aromatic nitrogens is 1. The first-order valence-electron chi connectivity index (χ1n) is 10.4. The van der Waals surface area contributed by atoms with E-state index in [1.165, 1.54) is 13.2 Å². The topological polar surface area (TPSA) is 158 Å². The van der Waals surface area contributed by atoms with E-state index >= 15 is 0 Å². The molecule has 0 radical (unpaired) electrons. The minimum atomic E-state index is -0.813. The Morgan fingerprint density at radius 2 is 1.97 bits per heavy atom. The summed E-state index contributed by atoms with van der Waals surface area (Å²) in [5, 5.41) is 12.0. The number of pyridine rings is 1. The van der Waals surface area contributed by atoms with Gasteiger partial charge in [-0.25, -0.2) is 0 Å². The molecule has 2 atom stereocenters. The number of nitrogens with zero attached hydrogens (tertiary/aromatic N) is 2. The summed E-state index contributed by atoms with van der Waals surface area (Å²) >= 11 is 5.91. The number of ether oxygens (including phenoxy) is 1. The standard InChI is InChI=1S/C20H28ClN5O6/c1-32-15-9-25(10-16(27)26-6-2-11(3-7-26)20(30)31)5-4-14(15)23-18(28)12-8-13(21)17(22)24-19(12)29/h8,11,14-15H,2-7,9-10H2,1H3,(H,23,28)(H,30,31)(H3,22,24,29)/t14-,15+/m0/s1. The van der Waals surface area contributed by atoms with E-state index < -0.39 is 17.4 Å². The summed E-state index contributed by atoms with van der Waals surface area (Å²) in [6, 6.07) is 0.884. The van der Waals surface area contributed by atoms with E-state index in [-0.39, 0.29) is 46.9 Å². The molecule has 3 rings (SSSR count). The fourth-order valence-corrected chi connectivity index (χ4v) is 4.29. The second-order valence-corrected chi connectivity index (χ2v) is 8.55. The second kappa shape index (κ2) is 10.3. The van der Waals surface area contributed by atoms with Gasteiger partial charge in [0.1, 0.15) is 11.4 Å². The Bertz CT molecular complexity index is 930. The van der Waals surface area contributed by atoms with Crippen LogP contribution < -0.4 is 16.6 Å². The lowest BCUT2D eigenvalue weighted by Gasteiger charge is -2.39. The SMILES string of the molecule is CO[C@@H]1CN(CC(=O)N2CCC(C(=O)O)CC2)CC[C@@H]1NC(=O)c1cc(Cl)c(N)[nH]c1=O. The Morgan fingerprint density at radius 3 is 2.59 bits per heavy atom. The molecule has 0 aromatic carbocycles. The number of hydrogen-bond acceptors (Lipinski definition) is 7. The number of carbonyl (C=O) groups excluding carboxylic acids is 2. The number of aliphatic carboxylic acids is 1. The summed E-state index contributed by atoms with van der Waals surface area (Å²) in [4.78, 5) is 54.3.